The lowest BCUT2D eigenvalue weighted by molar-refractivity contribution is -0.123. The van der Waals surface area contributed by atoms with Gasteiger partial charge >= 0.3 is 5.97 Å². The Morgan fingerprint density at radius 1 is 1.13 bits per heavy atom. The molecule has 1 aromatic carbocycles. The number of anilines is 1. The van der Waals surface area contributed by atoms with E-state index < -0.39 is 28.0 Å². The van der Waals surface area contributed by atoms with Gasteiger partial charge in [0.15, 0.2) is 6.10 Å². The number of ether oxygens (including phenoxy) is 1. The number of rotatable bonds is 7. The van der Waals surface area contributed by atoms with Gasteiger partial charge in [-0.3, -0.25) is 4.79 Å². The number of thioether (sulfide) groups is 1. The molecule has 0 radical (unpaired) electrons. The molecule has 1 N–H and O–H groups in total. The van der Waals surface area contributed by atoms with Crippen LogP contribution in [0.15, 0.2) is 52.5 Å². The van der Waals surface area contributed by atoms with E-state index in [1.807, 2.05) is 0 Å². The number of piperidine rings is 1. The molecular formula is C21H25N3O5S2. The molecule has 1 aromatic heterocycles. The average Bonchev–Trinajstić information content (AvgIpc) is 2.79. The Hall–Kier alpha value is -2.43. The summed E-state index contributed by atoms with van der Waals surface area (Å²) in [6, 6.07) is 9.20. The molecule has 1 atom stereocenters. The lowest BCUT2D eigenvalue weighted by Crippen LogP contribution is -2.35. The Morgan fingerprint density at radius 2 is 1.81 bits per heavy atom. The van der Waals surface area contributed by atoms with E-state index in [2.05, 4.69) is 10.3 Å². The zero-order valence-electron chi connectivity index (χ0n) is 17.4. The maximum absolute atomic E-state index is 12.7. The van der Waals surface area contributed by atoms with Crippen LogP contribution in [0.25, 0.3) is 0 Å². The van der Waals surface area contributed by atoms with Gasteiger partial charge in [0.25, 0.3) is 5.91 Å². The summed E-state index contributed by atoms with van der Waals surface area (Å²) in [7, 11) is -3.53. The number of amides is 1. The zero-order chi connectivity index (χ0) is 22.4. The standard InChI is InChI=1S/C21H25N3O5S2/c1-15(29-21(26)18-7-6-12-22-20(18)30-2)19(25)23-16-8-10-17(11-9-16)31(27,28)24-13-4-3-5-14-24/h6-12,15H,3-5,13-14H2,1-2H3,(H,23,25). The minimum atomic E-state index is -3.53. The predicted molar refractivity (Wildman–Crippen MR) is 119 cm³/mol. The first-order valence-electron chi connectivity index (χ1n) is 9.94. The molecule has 31 heavy (non-hydrogen) atoms. The number of hydrogen-bond donors (Lipinski definition) is 1. The van der Waals surface area contributed by atoms with Crippen LogP contribution in [0.2, 0.25) is 0 Å². The lowest BCUT2D eigenvalue weighted by atomic mass is 10.2. The van der Waals surface area contributed by atoms with Gasteiger partial charge in [0.1, 0.15) is 5.03 Å². The maximum Gasteiger partial charge on any atom is 0.341 e. The smallest absolute Gasteiger partial charge is 0.341 e. The molecule has 1 saturated heterocycles. The topological polar surface area (TPSA) is 106 Å². The van der Waals surface area contributed by atoms with Gasteiger partial charge in [-0.05, 0) is 62.4 Å². The Labute approximate surface area is 186 Å². The van der Waals surface area contributed by atoms with E-state index in [4.69, 9.17) is 4.74 Å². The Bertz CT molecular complexity index is 1040. The van der Waals surface area contributed by atoms with Crippen LogP contribution in [-0.4, -0.2) is 55.0 Å². The number of esters is 1. The molecule has 10 heteroatoms. The van der Waals surface area contributed by atoms with Gasteiger partial charge in [-0.15, -0.1) is 11.8 Å². The van der Waals surface area contributed by atoms with Crippen molar-refractivity contribution in [2.24, 2.45) is 0 Å². The van der Waals surface area contributed by atoms with E-state index in [-0.39, 0.29) is 4.90 Å². The second-order valence-electron chi connectivity index (χ2n) is 7.09. The van der Waals surface area contributed by atoms with E-state index in [0.717, 1.165) is 19.3 Å². The summed E-state index contributed by atoms with van der Waals surface area (Å²) in [6.45, 7) is 2.52. The molecular weight excluding hydrogens is 438 g/mol. The van der Waals surface area contributed by atoms with E-state index in [1.165, 1.54) is 47.3 Å². The van der Waals surface area contributed by atoms with Gasteiger partial charge in [0, 0.05) is 25.0 Å². The number of carbonyl (C=O) groups is 2. The molecule has 3 rings (SSSR count). The van der Waals surface area contributed by atoms with Crippen molar-refractivity contribution in [1.82, 2.24) is 9.29 Å². The van der Waals surface area contributed by atoms with E-state index in [0.29, 0.717) is 29.4 Å². The van der Waals surface area contributed by atoms with Crippen molar-refractivity contribution in [3.63, 3.8) is 0 Å². The minimum Gasteiger partial charge on any atom is -0.449 e. The second-order valence-corrected chi connectivity index (χ2v) is 9.82. The van der Waals surface area contributed by atoms with Crippen molar-refractivity contribution in [2.75, 3.05) is 24.7 Å². The first kappa shape index (κ1) is 23.2. The maximum atomic E-state index is 12.7. The van der Waals surface area contributed by atoms with Gasteiger partial charge in [0.2, 0.25) is 10.0 Å². The summed E-state index contributed by atoms with van der Waals surface area (Å²) in [5, 5.41) is 3.16. The molecule has 1 amide bonds. The molecule has 1 unspecified atom stereocenters. The van der Waals surface area contributed by atoms with Gasteiger partial charge in [-0.25, -0.2) is 18.2 Å². The third kappa shape index (κ3) is 5.63. The second kappa shape index (κ2) is 10.3. The summed E-state index contributed by atoms with van der Waals surface area (Å²) in [5.74, 6) is -1.15. The predicted octanol–water partition coefficient (Wildman–Crippen LogP) is 3.16. The van der Waals surface area contributed by atoms with Crippen LogP contribution in [0.1, 0.15) is 36.5 Å². The molecule has 0 saturated carbocycles. The van der Waals surface area contributed by atoms with E-state index >= 15 is 0 Å². The van der Waals surface area contributed by atoms with Gasteiger partial charge in [0.05, 0.1) is 10.5 Å². The van der Waals surface area contributed by atoms with Crippen LogP contribution in [-0.2, 0) is 19.6 Å². The number of hydrogen-bond acceptors (Lipinski definition) is 7. The van der Waals surface area contributed by atoms with Crippen molar-refractivity contribution >= 4 is 39.3 Å². The fourth-order valence-electron chi connectivity index (χ4n) is 3.19. The Balaban J connectivity index is 1.61. The third-order valence-electron chi connectivity index (χ3n) is 4.91. The van der Waals surface area contributed by atoms with Crippen LogP contribution in [0.5, 0.6) is 0 Å². The number of sulfonamides is 1. The van der Waals surface area contributed by atoms with E-state index in [1.54, 1.807) is 24.6 Å². The largest absolute Gasteiger partial charge is 0.449 e. The molecule has 2 aromatic rings. The Kier molecular flexibility index (Phi) is 7.69. The monoisotopic (exact) mass is 463 g/mol. The first-order valence-corrected chi connectivity index (χ1v) is 12.6. The Morgan fingerprint density at radius 3 is 2.45 bits per heavy atom. The van der Waals surface area contributed by atoms with Crippen molar-refractivity contribution in [3.8, 4) is 0 Å². The van der Waals surface area contributed by atoms with Gasteiger partial charge < -0.3 is 10.1 Å². The van der Waals surface area contributed by atoms with Crippen LogP contribution >= 0.6 is 11.8 Å². The highest BCUT2D eigenvalue weighted by Gasteiger charge is 2.26. The summed E-state index contributed by atoms with van der Waals surface area (Å²) in [5.41, 5.74) is 0.707. The average molecular weight is 464 g/mol. The summed E-state index contributed by atoms with van der Waals surface area (Å²) < 4.78 is 32.2. The zero-order valence-corrected chi connectivity index (χ0v) is 19.0. The van der Waals surface area contributed by atoms with Gasteiger partial charge in [-0.1, -0.05) is 6.42 Å². The molecule has 1 fully saturated rings. The van der Waals surface area contributed by atoms with Crippen molar-refractivity contribution < 1.29 is 22.7 Å². The summed E-state index contributed by atoms with van der Waals surface area (Å²) in [4.78, 5) is 29.1. The number of benzene rings is 1. The molecule has 0 aliphatic carbocycles. The number of carbonyl (C=O) groups excluding carboxylic acids is 2. The minimum absolute atomic E-state index is 0.188. The van der Waals surface area contributed by atoms with Crippen molar-refractivity contribution in [1.29, 1.82) is 0 Å². The molecule has 1 aliphatic heterocycles. The highest BCUT2D eigenvalue weighted by atomic mass is 32.2. The molecule has 2 heterocycles. The number of nitrogens with zero attached hydrogens (tertiary/aromatic N) is 2. The third-order valence-corrected chi connectivity index (χ3v) is 7.54. The van der Waals surface area contributed by atoms with Gasteiger partial charge in [-0.2, -0.15) is 4.31 Å². The van der Waals surface area contributed by atoms with E-state index in [9.17, 15) is 18.0 Å². The van der Waals surface area contributed by atoms with Crippen LogP contribution in [0.3, 0.4) is 0 Å². The molecule has 8 nitrogen and oxygen atoms in total. The summed E-state index contributed by atoms with van der Waals surface area (Å²) >= 11 is 1.31. The first-order chi connectivity index (χ1) is 14.8. The molecule has 0 spiro atoms. The molecule has 0 bridgehead atoms. The van der Waals surface area contributed by atoms with Crippen LogP contribution in [0, 0.1) is 0 Å². The molecule has 1 aliphatic rings. The number of pyridine rings is 1. The van der Waals surface area contributed by atoms with Crippen molar-refractivity contribution in [3.05, 3.63) is 48.2 Å². The SMILES string of the molecule is CSc1ncccc1C(=O)OC(C)C(=O)Nc1ccc(S(=O)(=O)N2CCCCC2)cc1. The fraction of sp³-hybridized carbons (Fsp3) is 0.381. The van der Waals surface area contributed by atoms with Crippen LogP contribution < -0.4 is 5.32 Å². The fourth-order valence-corrected chi connectivity index (χ4v) is 5.25. The normalized spacial score (nSPS) is 15.8. The van der Waals surface area contributed by atoms with Crippen molar-refractivity contribution in [2.45, 2.75) is 42.2 Å². The number of nitrogens with one attached hydrogen (secondary N) is 1. The highest BCUT2D eigenvalue weighted by molar-refractivity contribution is 7.98. The highest BCUT2D eigenvalue weighted by Crippen LogP contribution is 2.22. The quantitative estimate of drug-likeness (QED) is 0.497. The molecule has 166 valence electrons. The lowest BCUT2D eigenvalue weighted by Gasteiger charge is -2.25. The summed E-state index contributed by atoms with van der Waals surface area (Å²) in [6.07, 6.45) is 5.10. The van der Waals surface area contributed by atoms with Crippen LogP contribution in [0.4, 0.5) is 5.69 Å². The number of aromatic nitrogens is 1.